The Kier molecular flexibility index (Phi) is 5.82. The third-order valence-corrected chi connectivity index (χ3v) is 6.06. The first-order valence-corrected chi connectivity index (χ1v) is 10.7. The van der Waals surface area contributed by atoms with E-state index in [1.54, 1.807) is 6.07 Å². The lowest BCUT2D eigenvalue weighted by molar-refractivity contribution is -0.120. The Morgan fingerprint density at radius 2 is 2.11 bits per heavy atom. The molecule has 2 aromatic rings. The molecule has 28 heavy (non-hydrogen) atoms. The molecule has 2 N–H and O–H groups in total. The van der Waals surface area contributed by atoms with Crippen LogP contribution in [-0.4, -0.2) is 47.3 Å². The van der Waals surface area contributed by atoms with Crippen LogP contribution in [0, 0.1) is 0 Å². The van der Waals surface area contributed by atoms with Gasteiger partial charge in [0.1, 0.15) is 0 Å². The third kappa shape index (κ3) is 4.64. The molecule has 148 valence electrons. The molecule has 0 bridgehead atoms. The number of benzene rings is 1. The standard InChI is InChI=1S/C21H25N3O3S/c1-13(20(25)22-12-15-5-4-10-27-15)28-19-11-17(21(26)23-14-8-9-14)16-6-2-3-7-18(16)24-19/h2-3,6-7,11,13-15H,4-5,8-10,12H2,1H3,(H,22,25)(H,23,26)/t13-,15+/m1/s1. The Bertz CT molecular complexity index is 878. The Hall–Kier alpha value is -2.12. The molecule has 1 aliphatic heterocycles. The summed E-state index contributed by atoms with van der Waals surface area (Å²) in [4.78, 5) is 29.8. The van der Waals surface area contributed by atoms with E-state index in [9.17, 15) is 9.59 Å². The SMILES string of the molecule is C[C@@H](Sc1cc(C(=O)NC2CC2)c2ccccc2n1)C(=O)NC[C@@H]1CCCO1. The number of hydrogen-bond acceptors (Lipinski definition) is 5. The first kappa shape index (κ1) is 19.2. The van der Waals surface area contributed by atoms with Gasteiger partial charge in [-0.15, -0.1) is 0 Å². The van der Waals surface area contributed by atoms with Gasteiger partial charge in [0.25, 0.3) is 5.91 Å². The molecule has 1 saturated heterocycles. The van der Waals surface area contributed by atoms with Crippen molar-refractivity contribution in [2.45, 2.75) is 55.0 Å². The summed E-state index contributed by atoms with van der Waals surface area (Å²) in [6.45, 7) is 3.18. The highest BCUT2D eigenvalue weighted by atomic mass is 32.2. The summed E-state index contributed by atoms with van der Waals surface area (Å²) >= 11 is 1.37. The van der Waals surface area contributed by atoms with E-state index in [0.29, 0.717) is 17.1 Å². The zero-order chi connectivity index (χ0) is 19.5. The molecule has 1 aliphatic carbocycles. The fourth-order valence-corrected chi connectivity index (χ4v) is 4.18. The second-order valence-corrected chi connectivity index (χ2v) is 8.77. The van der Waals surface area contributed by atoms with E-state index in [4.69, 9.17) is 4.74 Å². The molecule has 4 rings (SSSR count). The van der Waals surface area contributed by atoms with Crippen LogP contribution < -0.4 is 10.6 Å². The topological polar surface area (TPSA) is 80.3 Å². The zero-order valence-corrected chi connectivity index (χ0v) is 16.8. The first-order chi connectivity index (χ1) is 13.6. The normalized spacial score (nSPS) is 20.1. The van der Waals surface area contributed by atoms with Crippen molar-refractivity contribution in [2.75, 3.05) is 13.2 Å². The molecule has 2 atom stereocenters. The van der Waals surface area contributed by atoms with Crippen LogP contribution in [0.5, 0.6) is 0 Å². The van der Waals surface area contributed by atoms with Crippen LogP contribution in [0.1, 0.15) is 43.0 Å². The molecule has 0 unspecified atom stereocenters. The zero-order valence-electron chi connectivity index (χ0n) is 15.9. The number of aromatic nitrogens is 1. The number of hydrogen-bond donors (Lipinski definition) is 2. The maximum atomic E-state index is 12.7. The number of amides is 2. The van der Waals surface area contributed by atoms with Crippen molar-refractivity contribution < 1.29 is 14.3 Å². The van der Waals surface area contributed by atoms with Gasteiger partial charge in [0.15, 0.2) is 0 Å². The molecule has 0 radical (unpaired) electrons. The second-order valence-electron chi connectivity index (χ2n) is 7.41. The predicted octanol–water partition coefficient (Wildman–Crippen LogP) is 2.90. The number of rotatable bonds is 7. The highest BCUT2D eigenvalue weighted by molar-refractivity contribution is 8.00. The number of ether oxygens (including phenoxy) is 1. The van der Waals surface area contributed by atoms with Crippen molar-refractivity contribution in [3.8, 4) is 0 Å². The molecule has 1 saturated carbocycles. The Balaban J connectivity index is 1.47. The van der Waals surface area contributed by atoms with E-state index in [2.05, 4.69) is 15.6 Å². The number of para-hydroxylation sites is 1. The van der Waals surface area contributed by atoms with Gasteiger partial charge in [0, 0.05) is 24.6 Å². The van der Waals surface area contributed by atoms with Crippen LogP contribution in [0.3, 0.4) is 0 Å². The third-order valence-electron chi connectivity index (χ3n) is 5.04. The maximum Gasteiger partial charge on any atom is 0.252 e. The van der Waals surface area contributed by atoms with E-state index >= 15 is 0 Å². The lowest BCUT2D eigenvalue weighted by Gasteiger charge is -2.15. The molecular formula is C21H25N3O3S. The average Bonchev–Trinajstić information content (AvgIpc) is 3.35. The summed E-state index contributed by atoms with van der Waals surface area (Å²) < 4.78 is 5.55. The lowest BCUT2D eigenvalue weighted by Crippen LogP contribution is -2.36. The van der Waals surface area contributed by atoms with E-state index in [1.807, 2.05) is 31.2 Å². The molecule has 1 aromatic heterocycles. The molecular weight excluding hydrogens is 374 g/mol. The molecule has 2 aliphatic rings. The van der Waals surface area contributed by atoms with Crippen molar-refractivity contribution in [3.05, 3.63) is 35.9 Å². The number of fused-ring (bicyclic) bond motifs is 1. The molecule has 6 nitrogen and oxygen atoms in total. The Labute approximate surface area is 168 Å². The van der Waals surface area contributed by atoms with Crippen molar-refractivity contribution >= 4 is 34.5 Å². The van der Waals surface area contributed by atoms with Crippen LogP contribution in [-0.2, 0) is 9.53 Å². The Morgan fingerprint density at radius 1 is 1.29 bits per heavy atom. The number of nitrogens with zero attached hydrogens (tertiary/aromatic N) is 1. The maximum absolute atomic E-state index is 12.7. The summed E-state index contributed by atoms with van der Waals surface area (Å²) in [6, 6.07) is 9.72. The van der Waals surface area contributed by atoms with Crippen LogP contribution >= 0.6 is 11.8 Å². The summed E-state index contributed by atoms with van der Waals surface area (Å²) in [5.74, 6) is -0.113. The summed E-state index contributed by atoms with van der Waals surface area (Å²) in [5, 5.41) is 7.21. The average molecular weight is 400 g/mol. The van der Waals surface area contributed by atoms with Gasteiger partial charge in [0.05, 0.1) is 27.5 Å². The van der Waals surface area contributed by atoms with Gasteiger partial charge in [-0.05, 0) is 44.7 Å². The fraction of sp³-hybridized carbons (Fsp3) is 0.476. The van der Waals surface area contributed by atoms with Crippen molar-refractivity contribution in [1.82, 2.24) is 15.6 Å². The monoisotopic (exact) mass is 399 g/mol. The summed E-state index contributed by atoms with van der Waals surface area (Å²) in [5.41, 5.74) is 1.38. The number of nitrogens with one attached hydrogen (secondary N) is 2. The van der Waals surface area contributed by atoms with Gasteiger partial charge in [-0.3, -0.25) is 9.59 Å². The molecule has 1 aromatic carbocycles. The van der Waals surface area contributed by atoms with Gasteiger partial charge in [-0.2, -0.15) is 0 Å². The molecule has 2 amide bonds. The Morgan fingerprint density at radius 3 is 2.86 bits per heavy atom. The summed E-state index contributed by atoms with van der Waals surface area (Å²) in [6.07, 6.45) is 4.25. The summed E-state index contributed by atoms with van der Waals surface area (Å²) in [7, 11) is 0. The smallest absolute Gasteiger partial charge is 0.252 e. The minimum absolute atomic E-state index is 0.0422. The number of carbonyl (C=O) groups excluding carboxylic acids is 2. The van der Waals surface area contributed by atoms with Crippen LogP contribution in [0.25, 0.3) is 10.9 Å². The minimum atomic E-state index is -0.311. The quantitative estimate of drug-likeness (QED) is 0.700. The lowest BCUT2D eigenvalue weighted by atomic mass is 10.1. The highest BCUT2D eigenvalue weighted by Crippen LogP contribution is 2.28. The second kappa shape index (κ2) is 8.49. The van der Waals surface area contributed by atoms with E-state index in [1.165, 1.54) is 11.8 Å². The highest BCUT2D eigenvalue weighted by Gasteiger charge is 2.25. The van der Waals surface area contributed by atoms with E-state index in [-0.39, 0.29) is 29.2 Å². The van der Waals surface area contributed by atoms with Gasteiger partial charge in [-0.25, -0.2) is 4.98 Å². The largest absolute Gasteiger partial charge is 0.376 e. The predicted molar refractivity (Wildman–Crippen MR) is 110 cm³/mol. The van der Waals surface area contributed by atoms with Gasteiger partial charge < -0.3 is 15.4 Å². The van der Waals surface area contributed by atoms with Gasteiger partial charge in [0.2, 0.25) is 5.91 Å². The minimum Gasteiger partial charge on any atom is -0.376 e. The number of thioether (sulfide) groups is 1. The fourth-order valence-electron chi connectivity index (χ4n) is 3.29. The molecule has 2 fully saturated rings. The van der Waals surface area contributed by atoms with Crippen LogP contribution in [0.2, 0.25) is 0 Å². The van der Waals surface area contributed by atoms with Crippen molar-refractivity contribution in [2.24, 2.45) is 0 Å². The molecule has 0 spiro atoms. The van der Waals surface area contributed by atoms with Gasteiger partial charge in [-0.1, -0.05) is 30.0 Å². The number of pyridine rings is 1. The molecule has 2 heterocycles. The van der Waals surface area contributed by atoms with Crippen LogP contribution in [0.4, 0.5) is 0 Å². The number of carbonyl (C=O) groups is 2. The van der Waals surface area contributed by atoms with Gasteiger partial charge >= 0.3 is 0 Å². The van der Waals surface area contributed by atoms with Crippen LogP contribution in [0.15, 0.2) is 35.4 Å². The van der Waals surface area contributed by atoms with Crippen molar-refractivity contribution in [1.29, 1.82) is 0 Å². The first-order valence-electron chi connectivity index (χ1n) is 9.87. The van der Waals surface area contributed by atoms with E-state index < -0.39 is 0 Å². The van der Waals surface area contributed by atoms with Crippen molar-refractivity contribution in [3.63, 3.8) is 0 Å². The molecule has 7 heteroatoms. The van der Waals surface area contributed by atoms with E-state index in [0.717, 1.165) is 43.2 Å².